The molecule has 1 aromatic heterocycles. The van der Waals surface area contributed by atoms with E-state index >= 15 is 4.39 Å². The molecule has 1 unspecified atom stereocenters. The summed E-state index contributed by atoms with van der Waals surface area (Å²) in [5.41, 5.74) is 1.07. The molecule has 0 spiro atoms. The third-order valence-corrected chi connectivity index (χ3v) is 6.45. The van der Waals surface area contributed by atoms with E-state index in [9.17, 15) is 9.59 Å². The van der Waals surface area contributed by atoms with Gasteiger partial charge in [0.2, 0.25) is 11.8 Å². The maximum Gasteiger partial charge on any atom is 0.410 e. The molecule has 1 N–H and O–H groups in total. The van der Waals surface area contributed by atoms with Crippen LogP contribution >= 0.6 is 0 Å². The molecule has 2 saturated heterocycles. The zero-order valence-electron chi connectivity index (χ0n) is 21.4. The minimum absolute atomic E-state index is 0.0432. The van der Waals surface area contributed by atoms with Gasteiger partial charge in [-0.15, -0.1) is 0 Å². The molecule has 36 heavy (non-hydrogen) atoms. The second kappa shape index (κ2) is 10.7. The third-order valence-electron chi connectivity index (χ3n) is 6.45. The van der Waals surface area contributed by atoms with Crippen LogP contribution in [-0.4, -0.2) is 60.3 Å². The number of hydrogen-bond acceptors (Lipinski definition) is 6. The number of ether oxygens (including phenoxy) is 2. The summed E-state index contributed by atoms with van der Waals surface area (Å²) in [7, 11) is 1.48. The Morgan fingerprint density at radius 2 is 1.92 bits per heavy atom. The molecule has 2 aliphatic rings. The molecular weight excluding hydrogens is 463 g/mol. The van der Waals surface area contributed by atoms with Crippen LogP contribution in [0.2, 0.25) is 0 Å². The smallest absolute Gasteiger partial charge is 0.410 e. The van der Waals surface area contributed by atoms with Crippen molar-refractivity contribution in [2.24, 2.45) is 5.92 Å². The highest BCUT2D eigenvalue weighted by Crippen LogP contribution is 2.31. The van der Waals surface area contributed by atoms with E-state index in [0.717, 1.165) is 19.5 Å². The Morgan fingerprint density at radius 1 is 1.19 bits per heavy atom. The van der Waals surface area contributed by atoms with E-state index in [1.807, 2.05) is 23.1 Å². The number of amides is 2. The first-order chi connectivity index (χ1) is 17.1. The van der Waals surface area contributed by atoms with E-state index < -0.39 is 23.6 Å². The van der Waals surface area contributed by atoms with Crippen molar-refractivity contribution in [3.8, 4) is 5.88 Å². The standard InChI is InChI=1S/C27H35FN4O4/c1-27(2,3)36-26(34)32-12-8-11-22(32)24(33)29-15-20-14-21(28)23(30-25(20)35-4)31-16-19(17-31)13-18-9-6-5-7-10-18/h5-7,9-10,14,19,22H,8,11-13,15-17H2,1-4H3,(H,29,33). The third kappa shape index (κ3) is 6.06. The van der Waals surface area contributed by atoms with Crippen LogP contribution in [0.4, 0.5) is 15.0 Å². The predicted molar refractivity (Wildman–Crippen MR) is 134 cm³/mol. The summed E-state index contributed by atoms with van der Waals surface area (Å²) in [5, 5.41) is 2.81. The molecular formula is C27H35FN4O4. The lowest BCUT2D eigenvalue weighted by Gasteiger charge is -2.40. The second-order valence-electron chi connectivity index (χ2n) is 10.5. The van der Waals surface area contributed by atoms with Gasteiger partial charge in [0.05, 0.1) is 7.11 Å². The molecule has 3 heterocycles. The molecule has 0 bridgehead atoms. The number of benzene rings is 1. The van der Waals surface area contributed by atoms with Gasteiger partial charge in [-0.2, -0.15) is 4.98 Å². The zero-order valence-corrected chi connectivity index (χ0v) is 21.4. The largest absolute Gasteiger partial charge is 0.481 e. The topological polar surface area (TPSA) is 84.0 Å². The number of methoxy groups -OCH3 is 1. The van der Waals surface area contributed by atoms with Gasteiger partial charge < -0.3 is 19.7 Å². The van der Waals surface area contributed by atoms with Crippen LogP contribution in [0.15, 0.2) is 36.4 Å². The van der Waals surface area contributed by atoms with E-state index in [2.05, 4.69) is 22.4 Å². The number of carbonyl (C=O) groups excluding carboxylic acids is 2. The lowest BCUT2D eigenvalue weighted by atomic mass is 9.92. The average molecular weight is 499 g/mol. The van der Waals surface area contributed by atoms with Gasteiger partial charge in [-0.1, -0.05) is 30.3 Å². The molecule has 2 aromatic rings. The SMILES string of the molecule is COc1nc(N2CC(Cc3ccccc3)C2)c(F)cc1CNC(=O)C1CCCN1C(=O)OC(C)(C)C. The number of halogens is 1. The van der Waals surface area contributed by atoms with Crippen LogP contribution < -0.4 is 15.0 Å². The molecule has 8 nitrogen and oxygen atoms in total. The molecule has 0 saturated carbocycles. The first-order valence-corrected chi connectivity index (χ1v) is 12.4. The molecule has 0 aliphatic carbocycles. The first kappa shape index (κ1) is 25.7. The normalized spacial score (nSPS) is 18.1. The molecule has 0 radical (unpaired) electrons. The van der Waals surface area contributed by atoms with Crippen molar-refractivity contribution < 1.29 is 23.5 Å². The molecule has 9 heteroatoms. The van der Waals surface area contributed by atoms with Crippen LogP contribution in [0.5, 0.6) is 5.88 Å². The van der Waals surface area contributed by atoms with E-state index in [1.54, 1.807) is 20.8 Å². The first-order valence-electron chi connectivity index (χ1n) is 12.4. The van der Waals surface area contributed by atoms with Crippen LogP contribution in [0.3, 0.4) is 0 Å². The summed E-state index contributed by atoms with van der Waals surface area (Å²) in [4.78, 5) is 33.1. The monoisotopic (exact) mass is 498 g/mol. The number of nitrogens with zero attached hydrogens (tertiary/aromatic N) is 3. The number of nitrogens with one attached hydrogen (secondary N) is 1. The van der Waals surface area contributed by atoms with Crippen LogP contribution in [0.25, 0.3) is 0 Å². The van der Waals surface area contributed by atoms with Gasteiger partial charge in [-0.25, -0.2) is 9.18 Å². The molecule has 4 rings (SSSR count). The van der Waals surface area contributed by atoms with Crippen LogP contribution in [0.1, 0.15) is 44.7 Å². The molecule has 1 atom stereocenters. The molecule has 2 aliphatic heterocycles. The quantitative estimate of drug-likeness (QED) is 0.623. The van der Waals surface area contributed by atoms with Crippen LogP contribution in [-0.2, 0) is 22.5 Å². The van der Waals surface area contributed by atoms with E-state index in [4.69, 9.17) is 9.47 Å². The van der Waals surface area contributed by atoms with Crippen molar-refractivity contribution >= 4 is 17.8 Å². The minimum Gasteiger partial charge on any atom is -0.481 e. The molecule has 2 fully saturated rings. The fraction of sp³-hybridized carbons (Fsp3) is 0.519. The number of hydrogen-bond donors (Lipinski definition) is 1. The van der Waals surface area contributed by atoms with Gasteiger partial charge in [0, 0.05) is 31.7 Å². The molecule has 1 aromatic carbocycles. The summed E-state index contributed by atoms with van der Waals surface area (Å²) >= 11 is 0. The summed E-state index contributed by atoms with van der Waals surface area (Å²) in [6.07, 6.45) is 1.70. The lowest BCUT2D eigenvalue weighted by Crippen LogP contribution is -2.48. The molecule has 194 valence electrons. The highest BCUT2D eigenvalue weighted by atomic mass is 19.1. The lowest BCUT2D eigenvalue weighted by molar-refractivity contribution is -0.125. The van der Waals surface area contributed by atoms with Gasteiger partial charge in [0.1, 0.15) is 11.6 Å². The number of aromatic nitrogens is 1. The van der Waals surface area contributed by atoms with Crippen molar-refractivity contribution in [3.63, 3.8) is 0 Å². The second-order valence-corrected chi connectivity index (χ2v) is 10.5. The number of carbonyl (C=O) groups is 2. The number of rotatable bonds is 7. The summed E-state index contributed by atoms with van der Waals surface area (Å²) in [5.74, 6) is 0.218. The van der Waals surface area contributed by atoms with E-state index in [-0.39, 0.29) is 24.1 Å². The summed E-state index contributed by atoms with van der Waals surface area (Å²) in [6.45, 7) is 7.32. The van der Waals surface area contributed by atoms with Crippen LogP contribution in [0, 0.1) is 11.7 Å². The zero-order chi connectivity index (χ0) is 25.9. The Labute approximate surface area is 211 Å². The highest BCUT2D eigenvalue weighted by molar-refractivity contribution is 5.86. The Kier molecular flexibility index (Phi) is 7.66. The summed E-state index contributed by atoms with van der Waals surface area (Å²) in [6, 6.07) is 11.0. The Bertz CT molecular complexity index is 1080. The highest BCUT2D eigenvalue weighted by Gasteiger charge is 2.37. The average Bonchev–Trinajstić information content (AvgIpc) is 3.30. The number of anilines is 1. The minimum atomic E-state index is -0.642. The van der Waals surface area contributed by atoms with Gasteiger partial charge in [0.25, 0.3) is 0 Å². The number of likely N-dealkylation sites (tertiary alicyclic amines) is 1. The maximum atomic E-state index is 15.0. The van der Waals surface area contributed by atoms with E-state index in [0.29, 0.717) is 30.9 Å². The van der Waals surface area contributed by atoms with Crippen molar-refractivity contribution in [2.75, 3.05) is 31.6 Å². The fourth-order valence-corrected chi connectivity index (χ4v) is 4.72. The predicted octanol–water partition coefficient (Wildman–Crippen LogP) is 3.92. The fourth-order valence-electron chi connectivity index (χ4n) is 4.72. The van der Waals surface area contributed by atoms with E-state index in [1.165, 1.54) is 23.6 Å². The van der Waals surface area contributed by atoms with Crippen molar-refractivity contribution in [1.29, 1.82) is 0 Å². The maximum absolute atomic E-state index is 15.0. The van der Waals surface area contributed by atoms with Gasteiger partial charge in [-0.3, -0.25) is 9.69 Å². The van der Waals surface area contributed by atoms with Gasteiger partial charge in [0.15, 0.2) is 11.6 Å². The number of pyridine rings is 1. The Hall–Kier alpha value is -3.36. The molecule has 2 amide bonds. The van der Waals surface area contributed by atoms with Gasteiger partial charge >= 0.3 is 6.09 Å². The Morgan fingerprint density at radius 3 is 2.58 bits per heavy atom. The van der Waals surface area contributed by atoms with Crippen molar-refractivity contribution in [2.45, 2.75) is 58.2 Å². The van der Waals surface area contributed by atoms with Crippen molar-refractivity contribution in [1.82, 2.24) is 15.2 Å². The van der Waals surface area contributed by atoms with Crippen molar-refractivity contribution in [3.05, 3.63) is 53.3 Å². The van der Waals surface area contributed by atoms with Gasteiger partial charge in [-0.05, 0) is 57.6 Å². The summed E-state index contributed by atoms with van der Waals surface area (Å²) < 4.78 is 25.8. The Balaban J connectivity index is 1.35.